The molecular weight excluding hydrogens is 225 g/mol. The Kier molecular flexibility index (Phi) is 3.04. The fourth-order valence-electron chi connectivity index (χ4n) is 0.964. The van der Waals surface area contributed by atoms with Crippen LogP contribution in [0.25, 0.3) is 0 Å². The van der Waals surface area contributed by atoms with E-state index in [0.717, 1.165) is 19.4 Å². The lowest BCUT2D eigenvalue weighted by atomic mass is 10.2. The van der Waals surface area contributed by atoms with Gasteiger partial charge in [-0.15, -0.1) is 3.89 Å². The summed E-state index contributed by atoms with van der Waals surface area (Å²) in [5.41, 5.74) is 0.200. The van der Waals surface area contributed by atoms with E-state index in [1.807, 2.05) is 0 Å². The maximum Gasteiger partial charge on any atom is 0.339 e. The molecule has 0 aliphatic rings. The standard InChI is InChI=1S/C8H8FNO4S/c1-5-7(8(11)14-2)3-6(4-10-5)15(9,12)13/h3-4H,1-2H3. The Morgan fingerprint density at radius 2 is 2.13 bits per heavy atom. The zero-order valence-corrected chi connectivity index (χ0v) is 8.84. The van der Waals surface area contributed by atoms with Crippen LogP contribution in [-0.4, -0.2) is 26.5 Å². The van der Waals surface area contributed by atoms with Gasteiger partial charge in [0.05, 0.1) is 18.4 Å². The summed E-state index contributed by atoms with van der Waals surface area (Å²) in [5, 5.41) is 0. The molecule has 1 aromatic heterocycles. The van der Waals surface area contributed by atoms with E-state index in [1.165, 1.54) is 6.92 Å². The van der Waals surface area contributed by atoms with Crippen LogP contribution in [-0.2, 0) is 15.0 Å². The molecule has 0 N–H and O–H groups in total. The maximum absolute atomic E-state index is 12.6. The maximum atomic E-state index is 12.6. The van der Waals surface area contributed by atoms with Gasteiger partial charge in [-0.25, -0.2) is 4.79 Å². The van der Waals surface area contributed by atoms with E-state index in [4.69, 9.17) is 0 Å². The lowest BCUT2D eigenvalue weighted by Gasteiger charge is -2.03. The highest BCUT2D eigenvalue weighted by Gasteiger charge is 2.18. The second-order valence-electron chi connectivity index (χ2n) is 2.73. The van der Waals surface area contributed by atoms with Crippen molar-refractivity contribution in [3.05, 3.63) is 23.5 Å². The van der Waals surface area contributed by atoms with Crippen LogP contribution >= 0.6 is 0 Å². The summed E-state index contributed by atoms with van der Waals surface area (Å²) < 4.78 is 38.1. The molecule has 0 saturated carbocycles. The van der Waals surface area contributed by atoms with Crippen molar-refractivity contribution in [3.63, 3.8) is 0 Å². The van der Waals surface area contributed by atoms with Crippen LogP contribution in [0, 0.1) is 6.92 Å². The van der Waals surface area contributed by atoms with Crippen molar-refractivity contribution < 1.29 is 21.8 Å². The van der Waals surface area contributed by atoms with Gasteiger partial charge in [0, 0.05) is 6.20 Å². The number of hydrogen-bond acceptors (Lipinski definition) is 5. The summed E-state index contributed by atoms with van der Waals surface area (Å²) >= 11 is 0. The van der Waals surface area contributed by atoms with E-state index >= 15 is 0 Å². The van der Waals surface area contributed by atoms with E-state index in [2.05, 4.69) is 9.72 Å². The monoisotopic (exact) mass is 233 g/mol. The van der Waals surface area contributed by atoms with Crippen LogP contribution in [0.3, 0.4) is 0 Å². The highest BCUT2D eigenvalue weighted by molar-refractivity contribution is 7.86. The van der Waals surface area contributed by atoms with Gasteiger partial charge in [-0.1, -0.05) is 0 Å². The van der Waals surface area contributed by atoms with Crippen molar-refractivity contribution >= 4 is 16.2 Å². The highest BCUT2D eigenvalue weighted by atomic mass is 32.3. The minimum Gasteiger partial charge on any atom is -0.465 e. The molecule has 0 aliphatic carbocycles. The van der Waals surface area contributed by atoms with Crippen LogP contribution in [0.1, 0.15) is 16.1 Å². The molecule has 0 spiro atoms. The molecule has 0 saturated heterocycles. The highest BCUT2D eigenvalue weighted by Crippen LogP contribution is 2.15. The van der Waals surface area contributed by atoms with E-state index < -0.39 is 21.1 Å². The summed E-state index contributed by atoms with van der Waals surface area (Å²) in [6, 6.07) is 0.892. The largest absolute Gasteiger partial charge is 0.465 e. The predicted molar refractivity (Wildman–Crippen MR) is 48.6 cm³/mol. The van der Waals surface area contributed by atoms with Crippen LogP contribution in [0.5, 0.6) is 0 Å². The minimum atomic E-state index is -4.85. The SMILES string of the molecule is COC(=O)c1cc(S(=O)(=O)F)cnc1C. The first-order valence-corrected chi connectivity index (χ1v) is 5.24. The fraction of sp³-hybridized carbons (Fsp3) is 0.250. The number of carbonyl (C=O) groups is 1. The molecule has 0 atom stereocenters. The number of rotatable bonds is 2. The topological polar surface area (TPSA) is 73.3 Å². The van der Waals surface area contributed by atoms with E-state index in [-0.39, 0.29) is 11.3 Å². The van der Waals surface area contributed by atoms with Gasteiger partial charge < -0.3 is 4.74 Å². The molecule has 0 unspecified atom stereocenters. The molecule has 0 aliphatic heterocycles. The number of nitrogens with zero attached hydrogens (tertiary/aromatic N) is 1. The molecule has 0 aromatic carbocycles. The molecule has 15 heavy (non-hydrogen) atoms. The number of hydrogen-bond donors (Lipinski definition) is 0. The second kappa shape index (κ2) is 3.93. The summed E-state index contributed by atoms with van der Waals surface area (Å²) in [6.45, 7) is 1.49. The van der Waals surface area contributed by atoms with E-state index in [1.54, 1.807) is 0 Å². The van der Waals surface area contributed by atoms with E-state index in [0.29, 0.717) is 0 Å². The molecule has 1 aromatic rings. The van der Waals surface area contributed by atoms with E-state index in [9.17, 15) is 17.1 Å². The number of aryl methyl sites for hydroxylation is 1. The minimum absolute atomic E-state index is 0.0729. The normalized spacial score (nSPS) is 11.1. The van der Waals surface area contributed by atoms with Crippen molar-refractivity contribution in [2.75, 3.05) is 7.11 Å². The Morgan fingerprint density at radius 1 is 1.53 bits per heavy atom. The quantitative estimate of drug-likeness (QED) is 0.559. The zero-order chi connectivity index (χ0) is 11.6. The average molecular weight is 233 g/mol. The smallest absolute Gasteiger partial charge is 0.339 e. The molecule has 0 radical (unpaired) electrons. The Morgan fingerprint density at radius 3 is 2.60 bits per heavy atom. The Hall–Kier alpha value is -1.50. The van der Waals surface area contributed by atoms with Crippen LogP contribution < -0.4 is 0 Å². The molecule has 82 valence electrons. The Bertz CT molecular complexity index is 497. The number of methoxy groups -OCH3 is 1. The van der Waals surface area contributed by atoms with Crippen LogP contribution in [0.15, 0.2) is 17.2 Å². The van der Waals surface area contributed by atoms with Crippen molar-refractivity contribution in [2.24, 2.45) is 0 Å². The molecule has 5 nitrogen and oxygen atoms in total. The number of carbonyl (C=O) groups excluding carboxylic acids is 1. The summed E-state index contributed by atoms with van der Waals surface area (Å²) in [7, 11) is -3.72. The second-order valence-corrected chi connectivity index (χ2v) is 4.08. The number of halogens is 1. The number of esters is 1. The van der Waals surface area contributed by atoms with Crippen molar-refractivity contribution in [1.82, 2.24) is 4.98 Å². The third kappa shape index (κ3) is 2.50. The molecule has 0 bridgehead atoms. The Balaban J connectivity index is 3.36. The van der Waals surface area contributed by atoms with Gasteiger partial charge in [-0.3, -0.25) is 4.98 Å². The molecule has 1 rings (SSSR count). The first-order valence-electron chi connectivity index (χ1n) is 3.86. The molecule has 1 heterocycles. The van der Waals surface area contributed by atoms with Crippen molar-refractivity contribution in [2.45, 2.75) is 11.8 Å². The average Bonchev–Trinajstić information content (AvgIpc) is 2.15. The Labute approximate surface area is 86.1 Å². The zero-order valence-electron chi connectivity index (χ0n) is 8.02. The van der Waals surface area contributed by atoms with Gasteiger partial charge in [0.15, 0.2) is 0 Å². The lowest BCUT2D eigenvalue weighted by molar-refractivity contribution is 0.0599. The summed E-state index contributed by atoms with van der Waals surface area (Å²) in [4.78, 5) is 14.1. The number of pyridine rings is 1. The van der Waals surface area contributed by atoms with Crippen LogP contribution in [0.4, 0.5) is 3.89 Å². The number of ether oxygens (including phenoxy) is 1. The van der Waals surface area contributed by atoms with Gasteiger partial charge >= 0.3 is 16.2 Å². The summed E-state index contributed by atoms with van der Waals surface area (Å²) in [6.07, 6.45) is 0.844. The number of aromatic nitrogens is 1. The van der Waals surface area contributed by atoms with Gasteiger partial charge in [-0.05, 0) is 13.0 Å². The third-order valence-electron chi connectivity index (χ3n) is 1.75. The first kappa shape index (κ1) is 11.6. The fourth-order valence-corrected chi connectivity index (χ4v) is 1.40. The summed E-state index contributed by atoms with van der Waals surface area (Å²) in [5.74, 6) is -0.759. The lowest BCUT2D eigenvalue weighted by Crippen LogP contribution is -2.07. The first-order chi connectivity index (χ1) is 6.86. The van der Waals surface area contributed by atoms with Crippen molar-refractivity contribution in [3.8, 4) is 0 Å². The molecule has 7 heteroatoms. The predicted octanol–water partition coefficient (Wildman–Crippen LogP) is 0.835. The molecule has 0 amide bonds. The molecular formula is C8H8FNO4S. The molecule has 0 fully saturated rings. The van der Waals surface area contributed by atoms with Crippen molar-refractivity contribution in [1.29, 1.82) is 0 Å². The van der Waals surface area contributed by atoms with Gasteiger partial charge in [0.1, 0.15) is 4.90 Å². The van der Waals surface area contributed by atoms with Gasteiger partial charge in [0.2, 0.25) is 0 Å². The third-order valence-corrected chi connectivity index (χ3v) is 2.54. The van der Waals surface area contributed by atoms with Gasteiger partial charge in [0.25, 0.3) is 0 Å². The van der Waals surface area contributed by atoms with Crippen LogP contribution in [0.2, 0.25) is 0 Å². The van der Waals surface area contributed by atoms with Gasteiger partial charge in [-0.2, -0.15) is 8.42 Å².